The van der Waals surface area contributed by atoms with Gasteiger partial charge in [-0.3, -0.25) is 0 Å². The number of likely N-dealkylation sites (tertiary alicyclic amines) is 1. The number of benzene rings is 2. The van der Waals surface area contributed by atoms with Crippen LogP contribution in [0.1, 0.15) is 18.4 Å². The van der Waals surface area contributed by atoms with Gasteiger partial charge in [0, 0.05) is 25.6 Å². The van der Waals surface area contributed by atoms with E-state index in [1.165, 1.54) is 38.1 Å². The molecule has 29 heavy (non-hydrogen) atoms. The Balaban J connectivity index is 1.43. The molecule has 0 unspecified atom stereocenters. The Morgan fingerprint density at radius 3 is 2.55 bits per heavy atom. The molecule has 0 saturated carbocycles. The molecule has 0 spiro atoms. The molecule has 0 N–H and O–H groups in total. The topological polar surface area (TPSA) is 45.4 Å². The summed E-state index contributed by atoms with van der Waals surface area (Å²) in [5.41, 5.74) is 2.59. The van der Waals surface area contributed by atoms with E-state index < -0.39 is 11.7 Å². The Bertz CT molecular complexity index is 1020. The summed E-state index contributed by atoms with van der Waals surface area (Å²) in [7, 11) is 0. The minimum Gasteiger partial charge on any atom is -0.369 e. The molecule has 2 saturated heterocycles. The van der Waals surface area contributed by atoms with Gasteiger partial charge in [-0.05, 0) is 71.6 Å². The molecular formula is C21H21F3N4O. The van der Waals surface area contributed by atoms with Crippen molar-refractivity contribution in [2.45, 2.75) is 19.0 Å². The number of halogens is 3. The summed E-state index contributed by atoms with van der Waals surface area (Å²) in [5, 5.41) is 7.96. The lowest BCUT2D eigenvalue weighted by Gasteiger charge is -2.42. The third kappa shape index (κ3) is 3.57. The maximum atomic E-state index is 13.1. The number of fused-ring (bicyclic) bond motifs is 1. The highest BCUT2D eigenvalue weighted by Crippen LogP contribution is 2.37. The molecule has 2 aliphatic heterocycles. The molecule has 1 aromatic heterocycles. The monoisotopic (exact) mass is 402 g/mol. The molecule has 0 radical (unpaired) electrons. The highest BCUT2D eigenvalue weighted by atomic mass is 19.4. The largest absolute Gasteiger partial charge is 0.416 e. The van der Waals surface area contributed by atoms with Gasteiger partial charge < -0.3 is 9.80 Å². The molecule has 2 aromatic carbocycles. The molecule has 5 rings (SSSR count). The first-order valence-corrected chi connectivity index (χ1v) is 9.88. The van der Waals surface area contributed by atoms with Crippen LogP contribution in [0.25, 0.3) is 22.2 Å². The van der Waals surface area contributed by atoms with Gasteiger partial charge in [0.25, 0.3) is 0 Å². The first-order chi connectivity index (χ1) is 14.0. The van der Waals surface area contributed by atoms with Crippen molar-refractivity contribution in [1.29, 1.82) is 0 Å². The summed E-state index contributed by atoms with van der Waals surface area (Å²) in [5.74, 6) is 0.597. The predicted octanol–water partition coefficient (Wildman–Crippen LogP) is 4.44. The number of rotatable bonds is 4. The van der Waals surface area contributed by atoms with Gasteiger partial charge in [-0.1, -0.05) is 12.1 Å². The first-order valence-electron chi connectivity index (χ1n) is 9.88. The molecule has 2 aliphatic rings. The Labute approximate surface area is 166 Å². The van der Waals surface area contributed by atoms with E-state index in [1.54, 1.807) is 12.1 Å². The lowest BCUT2D eigenvalue weighted by Crippen LogP contribution is -2.51. The molecule has 5 nitrogen and oxygen atoms in total. The molecule has 0 amide bonds. The van der Waals surface area contributed by atoms with E-state index in [2.05, 4.69) is 20.1 Å². The maximum Gasteiger partial charge on any atom is 0.416 e. The van der Waals surface area contributed by atoms with E-state index in [9.17, 15) is 13.2 Å². The minimum absolute atomic E-state index is 0.500. The van der Waals surface area contributed by atoms with Gasteiger partial charge in [-0.15, -0.1) is 0 Å². The molecule has 2 fully saturated rings. The third-order valence-electron chi connectivity index (χ3n) is 5.88. The smallest absolute Gasteiger partial charge is 0.369 e. The number of anilines is 1. The first kappa shape index (κ1) is 18.4. The number of nitrogens with zero attached hydrogens (tertiary/aromatic N) is 4. The van der Waals surface area contributed by atoms with Crippen LogP contribution in [0.3, 0.4) is 0 Å². The third-order valence-corrected chi connectivity index (χ3v) is 5.88. The number of aromatic nitrogens is 2. The lowest BCUT2D eigenvalue weighted by molar-refractivity contribution is -0.137. The van der Waals surface area contributed by atoms with E-state index in [4.69, 9.17) is 4.63 Å². The van der Waals surface area contributed by atoms with Gasteiger partial charge in [0.05, 0.1) is 11.3 Å². The van der Waals surface area contributed by atoms with Crippen molar-refractivity contribution in [1.82, 2.24) is 15.2 Å². The molecule has 152 valence electrons. The van der Waals surface area contributed by atoms with Crippen molar-refractivity contribution in [2.75, 3.05) is 37.6 Å². The van der Waals surface area contributed by atoms with Crippen LogP contribution in [-0.2, 0) is 6.18 Å². The summed E-state index contributed by atoms with van der Waals surface area (Å²) >= 11 is 0. The van der Waals surface area contributed by atoms with Crippen LogP contribution in [0.2, 0.25) is 0 Å². The van der Waals surface area contributed by atoms with Crippen molar-refractivity contribution in [2.24, 2.45) is 5.92 Å². The zero-order valence-corrected chi connectivity index (χ0v) is 15.8. The van der Waals surface area contributed by atoms with Crippen LogP contribution in [-0.4, -0.2) is 47.9 Å². The van der Waals surface area contributed by atoms with E-state index in [0.29, 0.717) is 28.1 Å². The molecule has 0 bridgehead atoms. The zero-order valence-electron chi connectivity index (χ0n) is 15.8. The molecule has 0 atom stereocenters. The van der Waals surface area contributed by atoms with Crippen molar-refractivity contribution in [3.63, 3.8) is 0 Å². The normalized spacial score (nSPS) is 18.5. The van der Waals surface area contributed by atoms with Crippen LogP contribution in [0.4, 0.5) is 18.9 Å². The lowest BCUT2D eigenvalue weighted by atomic mass is 9.96. The van der Waals surface area contributed by atoms with Crippen molar-refractivity contribution in [3.05, 3.63) is 42.0 Å². The fourth-order valence-corrected chi connectivity index (χ4v) is 4.37. The standard InChI is InChI=1S/C21H21F3N4O/c22-21(23,24)17-5-3-4-15(8-17)16-9-18-20(26-29-25-18)19(10-16)28-12-14(13-28)11-27-6-1-2-7-27/h3-5,8-10,14H,1-2,6-7,11-13H2. The van der Waals surface area contributed by atoms with Crippen LogP contribution >= 0.6 is 0 Å². The molecule has 0 aliphatic carbocycles. The number of alkyl halides is 3. The quantitative estimate of drug-likeness (QED) is 0.646. The van der Waals surface area contributed by atoms with E-state index in [1.807, 2.05) is 6.07 Å². The van der Waals surface area contributed by atoms with Gasteiger partial charge in [-0.25, -0.2) is 4.63 Å². The van der Waals surface area contributed by atoms with Gasteiger partial charge in [0.2, 0.25) is 0 Å². The van der Waals surface area contributed by atoms with Gasteiger partial charge in [-0.2, -0.15) is 13.2 Å². The average Bonchev–Trinajstić information content (AvgIpc) is 3.34. The second kappa shape index (κ2) is 7.02. The van der Waals surface area contributed by atoms with Crippen LogP contribution < -0.4 is 4.90 Å². The summed E-state index contributed by atoms with van der Waals surface area (Å²) in [6.45, 7) is 5.27. The highest BCUT2D eigenvalue weighted by molar-refractivity contribution is 5.93. The average molecular weight is 402 g/mol. The minimum atomic E-state index is -4.38. The predicted molar refractivity (Wildman–Crippen MR) is 104 cm³/mol. The number of hydrogen-bond donors (Lipinski definition) is 0. The fourth-order valence-electron chi connectivity index (χ4n) is 4.37. The Morgan fingerprint density at radius 1 is 1.00 bits per heavy atom. The van der Waals surface area contributed by atoms with Gasteiger partial charge in [0.1, 0.15) is 5.52 Å². The second-order valence-electron chi connectivity index (χ2n) is 7.98. The molecular weight excluding hydrogens is 381 g/mol. The van der Waals surface area contributed by atoms with Crippen molar-refractivity contribution in [3.8, 4) is 11.1 Å². The molecule has 3 aromatic rings. The highest BCUT2D eigenvalue weighted by Gasteiger charge is 2.32. The zero-order chi connectivity index (χ0) is 20.0. The van der Waals surface area contributed by atoms with E-state index in [-0.39, 0.29) is 0 Å². The fraction of sp³-hybridized carbons (Fsp3) is 0.429. The van der Waals surface area contributed by atoms with Crippen LogP contribution in [0.15, 0.2) is 41.0 Å². The Hall–Kier alpha value is -2.61. The molecule has 3 heterocycles. The van der Waals surface area contributed by atoms with Gasteiger partial charge >= 0.3 is 6.18 Å². The van der Waals surface area contributed by atoms with Crippen molar-refractivity contribution < 1.29 is 17.8 Å². The van der Waals surface area contributed by atoms with Crippen LogP contribution in [0, 0.1) is 5.92 Å². The Morgan fingerprint density at radius 2 is 1.79 bits per heavy atom. The van der Waals surface area contributed by atoms with E-state index in [0.717, 1.165) is 31.4 Å². The summed E-state index contributed by atoms with van der Waals surface area (Å²) in [4.78, 5) is 4.72. The van der Waals surface area contributed by atoms with Crippen LogP contribution in [0.5, 0.6) is 0 Å². The number of hydrogen-bond acceptors (Lipinski definition) is 5. The summed E-state index contributed by atoms with van der Waals surface area (Å²) in [6.07, 6.45) is -1.82. The molecule has 8 heteroatoms. The van der Waals surface area contributed by atoms with E-state index >= 15 is 0 Å². The summed E-state index contributed by atoms with van der Waals surface area (Å²) in [6, 6.07) is 8.99. The van der Waals surface area contributed by atoms with Gasteiger partial charge in [0.15, 0.2) is 5.52 Å². The summed E-state index contributed by atoms with van der Waals surface area (Å²) < 4.78 is 44.3. The second-order valence-corrected chi connectivity index (χ2v) is 7.98. The maximum absolute atomic E-state index is 13.1. The Kier molecular flexibility index (Phi) is 4.46. The SMILES string of the molecule is FC(F)(F)c1cccc(-c2cc(N3CC(CN4CCCC4)C3)c3nonc3c2)c1. The van der Waals surface area contributed by atoms with Crippen molar-refractivity contribution >= 4 is 16.7 Å².